The smallest absolute Gasteiger partial charge is 0.225 e. The number of carbonyl (C=O) groups excluding carboxylic acids is 1. The highest BCUT2D eigenvalue weighted by Crippen LogP contribution is 2.36. The van der Waals surface area contributed by atoms with Crippen LogP contribution in [0.2, 0.25) is 0 Å². The van der Waals surface area contributed by atoms with Gasteiger partial charge in [0.1, 0.15) is 0 Å². The van der Waals surface area contributed by atoms with Gasteiger partial charge in [-0.05, 0) is 49.7 Å². The molecule has 0 bridgehead atoms. The highest BCUT2D eigenvalue weighted by atomic mass is 16.2. The van der Waals surface area contributed by atoms with E-state index in [1.54, 1.807) is 0 Å². The predicted molar refractivity (Wildman–Crippen MR) is 112 cm³/mol. The summed E-state index contributed by atoms with van der Waals surface area (Å²) >= 11 is 0. The molecule has 0 radical (unpaired) electrons. The quantitative estimate of drug-likeness (QED) is 0.600. The molecule has 1 aliphatic carbocycles. The second kappa shape index (κ2) is 8.50. The summed E-state index contributed by atoms with van der Waals surface area (Å²) in [5.74, 6) is 1.35. The molecule has 4 rings (SSSR count). The van der Waals surface area contributed by atoms with Crippen LogP contribution in [0.5, 0.6) is 0 Å². The molecule has 0 N–H and O–H groups in total. The number of piperidine rings is 1. The van der Waals surface area contributed by atoms with Gasteiger partial charge < -0.3 is 9.47 Å². The van der Waals surface area contributed by atoms with E-state index in [1.165, 1.54) is 48.6 Å². The zero-order chi connectivity index (χ0) is 18.6. The van der Waals surface area contributed by atoms with Gasteiger partial charge in [0.2, 0.25) is 5.91 Å². The normalized spacial score (nSPS) is 19.2. The number of unbranched alkanes of at least 4 members (excludes halogenated alkanes) is 2. The van der Waals surface area contributed by atoms with Crippen molar-refractivity contribution in [3.8, 4) is 0 Å². The maximum atomic E-state index is 12.7. The fourth-order valence-electron chi connectivity index (χ4n) is 5.16. The second-order valence-electron chi connectivity index (χ2n) is 8.58. The fraction of sp³-hybridized carbons (Fsp3) is 0.625. The number of carbonyl (C=O) groups is 1. The first-order valence-electron chi connectivity index (χ1n) is 11.1. The van der Waals surface area contributed by atoms with Gasteiger partial charge in [0.25, 0.3) is 0 Å². The Kier molecular flexibility index (Phi) is 5.85. The number of para-hydroxylation sites is 1. The SMILES string of the molecule is CCCCCn1cc(C2CCN(C(=O)C3CCCC3)CC2)c2ccccc21. The third-order valence-electron chi connectivity index (χ3n) is 6.77. The molecule has 3 nitrogen and oxygen atoms in total. The highest BCUT2D eigenvalue weighted by molar-refractivity contribution is 5.84. The zero-order valence-corrected chi connectivity index (χ0v) is 16.8. The molecule has 3 heteroatoms. The third kappa shape index (κ3) is 3.93. The molecule has 0 spiro atoms. The summed E-state index contributed by atoms with van der Waals surface area (Å²) in [6.07, 6.45) is 13.2. The summed E-state index contributed by atoms with van der Waals surface area (Å²) in [5, 5.41) is 1.43. The number of aromatic nitrogens is 1. The van der Waals surface area contributed by atoms with Crippen molar-refractivity contribution in [3.05, 3.63) is 36.0 Å². The standard InChI is InChI=1S/C24H34N2O/c1-2-3-8-15-26-18-22(21-11-6-7-12-23(21)26)19-13-16-25(17-14-19)24(27)20-9-4-5-10-20/h6-7,11-12,18-20H,2-5,8-10,13-17H2,1H3. The first-order chi connectivity index (χ1) is 13.3. The molecule has 1 aromatic carbocycles. The minimum atomic E-state index is 0.321. The van der Waals surface area contributed by atoms with Gasteiger partial charge in [0.05, 0.1) is 0 Å². The Morgan fingerprint density at radius 3 is 2.52 bits per heavy atom. The lowest BCUT2D eigenvalue weighted by atomic mass is 9.88. The van der Waals surface area contributed by atoms with Crippen molar-refractivity contribution in [3.63, 3.8) is 0 Å². The number of hydrogen-bond acceptors (Lipinski definition) is 1. The van der Waals surface area contributed by atoms with Crippen LogP contribution in [0.1, 0.15) is 76.2 Å². The molecular formula is C24H34N2O. The molecule has 0 atom stereocenters. The molecule has 2 heterocycles. The second-order valence-corrected chi connectivity index (χ2v) is 8.58. The van der Waals surface area contributed by atoms with Crippen molar-refractivity contribution in [2.75, 3.05) is 13.1 Å². The van der Waals surface area contributed by atoms with Gasteiger partial charge in [-0.15, -0.1) is 0 Å². The van der Waals surface area contributed by atoms with Crippen LogP contribution < -0.4 is 0 Å². The molecule has 1 amide bonds. The van der Waals surface area contributed by atoms with E-state index < -0.39 is 0 Å². The summed E-state index contributed by atoms with van der Waals surface area (Å²) in [5.41, 5.74) is 2.89. The number of rotatable bonds is 6. The topological polar surface area (TPSA) is 25.2 Å². The average molecular weight is 367 g/mol. The van der Waals surface area contributed by atoms with Gasteiger partial charge in [-0.2, -0.15) is 0 Å². The van der Waals surface area contributed by atoms with Crippen molar-refractivity contribution >= 4 is 16.8 Å². The number of amides is 1. The lowest BCUT2D eigenvalue weighted by Gasteiger charge is -2.33. The molecule has 1 aliphatic heterocycles. The van der Waals surface area contributed by atoms with E-state index in [4.69, 9.17) is 0 Å². The lowest BCUT2D eigenvalue weighted by Crippen LogP contribution is -2.40. The van der Waals surface area contributed by atoms with E-state index in [2.05, 4.69) is 46.9 Å². The van der Waals surface area contributed by atoms with Gasteiger partial charge >= 0.3 is 0 Å². The van der Waals surface area contributed by atoms with Crippen LogP contribution in [0.15, 0.2) is 30.5 Å². The van der Waals surface area contributed by atoms with Crippen molar-refractivity contribution in [1.82, 2.24) is 9.47 Å². The summed E-state index contributed by atoms with van der Waals surface area (Å²) in [6, 6.07) is 8.88. The van der Waals surface area contributed by atoms with E-state index in [9.17, 15) is 4.79 Å². The van der Waals surface area contributed by atoms with E-state index >= 15 is 0 Å². The number of nitrogens with zero attached hydrogens (tertiary/aromatic N) is 2. The Morgan fingerprint density at radius 1 is 1.04 bits per heavy atom. The summed E-state index contributed by atoms with van der Waals surface area (Å²) in [6.45, 7) is 5.26. The van der Waals surface area contributed by atoms with Crippen molar-refractivity contribution in [2.45, 2.75) is 77.2 Å². The number of benzene rings is 1. The van der Waals surface area contributed by atoms with Gasteiger partial charge in [0.15, 0.2) is 0 Å². The molecular weight excluding hydrogens is 332 g/mol. The maximum Gasteiger partial charge on any atom is 0.225 e. The molecule has 2 aromatic rings. The van der Waals surface area contributed by atoms with Crippen molar-refractivity contribution < 1.29 is 4.79 Å². The van der Waals surface area contributed by atoms with Crippen molar-refractivity contribution in [1.29, 1.82) is 0 Å². The number of aryl methyl sites for hydroxylation is 1. The highest BCUT2D eigenvalue weighted by Gasteiger charge is 2.31. The number of likely N-dealkylation sites (tertiary alicyclic amines) is 1. The minimum Gasteiger partial charge on any atom is -0.347 e. The summed E-state index contributed by atoms with van der Waals surface area (Å²) in [7, 11) is 0. The van der Waals surface area contributed by atoms with E-state index in [1.807, 2.05) is 0 Å². The Bertz CT molecular complexity index is 764. The molecule has 2 fully saturated rings. The number of hydrogen-bond donors (Lipinski definition) is 0. The fourth-order valence-corrected chi connectivity index (χ4v) is 5.16. The molecule has 27 heavy (non-hydrogen) atoms. The number of fused-ring (bicyclic) bond motifs is 1. The maximum absolute atomic E-state index is 12.7. The Labute approximate surface area is 163 Å². The molecule has 1 aromatic heterocycles. The lowest BCUT2D eigenvalue weighted by molar-refractivity contribution is -0.136. The van der Waals surface area contributed by atoms with Crippen molar-refractivity contribution in [2.24, 2.45) is 5.92 Å². The molecule has 1 saturated heterocycles. The Hall–Kier alpha value is -1.77. The van der Waals surface area contributed by atoms with Gasteiger partial charge in [-0.1, -0.05) is 50.8 Å². The monoisotopic (exact) mass is 366 g/mol. The Balaban J connectivity index is 1.46. The van der Waals surface area contributed by atoms with Crippen LogP contribution in [-0.2, 0) is 11.3 Å². The van der Waals surface area contributed by atoms with Gasteiger partial charge in [-0.25, -0.2) is 0 Å². The molecule has 1 saturated carbocycles. The zero-order valence-electron chi connectivity index (χ0n) is 16.8. The van der Waals surface area contributed by atoms with Crippen LogP contribution in [-0.4, -0.2) is 28.5 Å². The van der Waals surface area contributed by atoms with E-state index in [0.717, 1.165) is 45.3 Å². The van der Waals surface area contributed by atoms with Crippen LogP contribution >= 0.6 is 0 Å². The Morgan fingerprint density at radius 2 is 1.78 bits per heavy atom. The first kappa shape index (κ1) is 18.6. The van der Waals surface area contributed by atoms with E-state index in [-0.39, 0.29) is 0 Å². The predicted octanol–water partition coefficient (Wildman–Crippen LogP) is 5.73. The average Bonchev–Trinajstić information content (AvgIpc) is 3.37. The summed E-state index contributed by atoms with van der Waals surface area (Å²) < 4.78 is 2.47. The molecule has 146 valence electrons. The minimum absolute atomic E-state index is 0.321. The van der Waals surface area contributed by atoms with Crippen LogP contribution in [0, 0.1) is 5.92 Å². The molecule has 0 unspecified atom stereocenters. The van der Waals surface area contributed by atoms with Crippen LogP contribution in [0.3, 0.4) is 0 Å². The third-order valence-corrected chi connectivity index (χ3v) is 6.77. The van der Waals surface area contributed by atoms with Crippen LogP contribution in [0.4, 0.5) is 0 Å². The largest absolute Gasteiger partial charge is 0.347 e. The van der Waals surface area contributed by atoms with Gasteiger partial charge in [0, 0.05) is 42.7 Å². The summed E-state index contributed by atoms with van der Waals surface area (Å²) in [4.78, 5) is 14.9. The van der Waals surface area contributed by atoms with Gasteiger partial charge in [-0.3, -0.25) is 4.79 Å². The van der Waals surface area contributed by atoms with E-state index in [0.29, 0.717) is 17.7 Å². The first-order valence-corrected chi connectivity index (χ1v) is 11.1. The van der Waals surface area contributed by atoms with Crippen LogP contribution in [0.25, 0.3) is 10.9 Å². The molecule has 2 aliphatic rings.